The fourth-order valence-electron chi connectivity index (χ4n) is 2.86. The zero-order valence-corrected chi connectivity index (χ0v) is 11.6. The summed E-state index contributed by atoms with van der Waals surface area (Å²) < 4.78 is 0. The molecule has 1 unspecified atom stereocenters. The van der Waals surface area contributed by atoms with E-state index in [-0.39, 0.29) is 0 Å². The summed E-state index contributed by atoms with van der Waals surface area (Å²) in [7, 11) is 0. The van der Waals surface area contributed by atoms with E-state index in [1.807, 2.05) is 0 Å². The van der Waals surface area contributed by atoms with Crippen molar-refractivity contribution in [3.8, 4) is 0 Å². The highest BCUT2D eigenvalue weighted by Gasteiger charge is 2.13. The largest absolute Gasteiger partial charge is 0.385 e. The molecule has 100 valence electrons. The van der Waals surface area contributed by atoms with Crippen LogP contribution in [0.25, 0.3) is 10.8 Å². The first-order valence-corrected chi connectivity index (χ1v) is 7.26. The molecular formula is C17H22N2. The quantitative estimate of drug-likeness (QED) is 0.871. The number of rotatable bonds is 4. The van der Waals surface area contributed by atoms with Crippen molar-refractivity contribution in [3.05, 3.63) is 42.0 Å². The highest BCUT2D eigenvalue weighted by molar-refractivity contribution is 5.86. The van der Waals surface area contributed by atoms with E-state index >= 15 is 0 Å². The second-order valence-electron chi connectivity index (χ2n) is 5.64. The first kappa shape index (κ1) is 12.5. The molecular weight excluding hydrogens is 232 g/mol. The van der Waals surface area contributed by atoms with Gasteiger partial charge in [0, 0.05) is 12.2 Å². The van der Waals surface area contributed by atoms with Gasteiger partial charge in [0.15, 0.2) is 0 Å². The van der Waals surface area contributed by atoms with Crippen molar-refractivity contribution in [2.45, 2.75) is 19.8 Å². The zero-order chi connectivity index (χ0) is 13.1. The molecule has 1 aliphatic rings. The molecule has 1 aliphatic heterocycles. The molecule has 1 heterocycles. The van der Waals surface area contributed by atoms with E-state index in [4.69, 9.17) is 0 Å². The van der Waals surface area contributed by atoms with Crippen molar-refractivity contribution in [2.24, 2.45) is 5.92 Å². The van der Waals surface area contributed by atoms with Crippen LogP contribution < -0.4 is 10.6 Å². The van der Waals surface area contributed by atoms with Crippen LogP contribution in [0.5, 0.6) is 0 Å². The third kappa shape index (κ3) is 3.07. The minimum Gasteiger partial charge on any atom is -0.385 e. The van der Waals surface area contributed by atoms with E-state index in [2.05, 4.69) is 54.0 Å². The fraction of sp³-hybridized carbons (Fsp3) is 0.412. The maximum Gasteiger partial charge on any atom is 0.0346 e. The van der Waals surface area contributed by atoms with Crippen molar-refractivity contribution in [2.75, 3.05) is 25.0 Å². The first-order chi connectivity index (χ1) is 9.31. The molecule has 0 saturated carbocycles. The van der Waals surface area contributed by atoms with Gasteiger partial charge in [-0.05, 0) is 61.7 Å². The van der Waals surface area contributed by atoms with Crippen LogP contribution in [0.15, 0.2) is 36.4 Å². The van der Waals surface area contributed by atoms with Crippen LogP contribution in [0.3, 0.4) is 0 Å². The summed E-state index contributed by atoms with van der Waals surface area (Å²) in [5, 5.41) is 9.62. The lowest BCUT2D eigenvalue weighted by molar-refractivity contribution is 0.549. The summed E-state index contributed by atoms with van der Waals surface area (Å²) in [5.74, 6) is 0.857. The maximum atomic E-state index is 3.55. The molecule has 1 atom stereocenters. The van der Waals surface area contributed by atoms with Gasteiger partial charge in [0.2, 0.25) is 0 Å². The molecule has 2 aromatic carbocycles. The van der Waals surface area contributed by atoms with Gasteiger partial charge in [-0.3, -0.25) is 0 Å². The maximum absolute atomic E-state index is 3.55. The highest BCUT2D eigenvalue weighted by atomic mass is 14.9. The predicted octanol–water partition coefficient (Wildman–Crippen LogP) is 3.56. The van der Waals surface area contributed by atoms with Crippen molar-refractivity contribution in [1.29, 1.82) is 0 Å². The van der Waals surface area contributed by atoms with Gasteiger partial charge in [0.25, 0.3) is 0 Å². The topological polar surface area (TPSA) is 24.1 Å². The average Bonchev–Trinajstić information content (AvgIpc) is 2.92. The molecule has 0 aliphatic carbocycles. The number of aryl methyl sites for hydroxylation is 1. The Bertz CT molecular complexity index is 556. The number of anilines is 1. The van der Waals surface area contributed by atoms with E-state index in [0.29, 0.717) is 0 Å². The Morgan fingerprint density at radius 2 is 2.00 bits per heavy atom. The number of hydrogen-bond donors (Lipinski definition) is 2. The Kier molecular flexibility index (Phi) is 3.69. The second-order valence-corrected chi connectivity index (χ2v) is 5.64. The van der Waals surface area contributed by atoms with E-state index < -0.39 is 0 Å². The van der Waals surface area contributed by atoms with Crippen molar-refractivity contribution in [1.82, 2.24) is 5.32 Å². The third-order valence-corrected chi connectivity index (χ3v) is 4.04. The molecule has 2 aromatic rings. The van der Waals surface area contributed by atoms with Crippen LogP contribution in [-0.4, -0.2) is 19.6 Å². The van der Waals surface area contributed by atoms with Crippen molar-refractivity contribution >= 4 is 16.5 Å². The highest BCUT2D eigenvalue weighted by Crippen LogP contribution is 2.21. The molecule has 0 bridgehead atoms. The number of fused-ring (bicyclic) bond motifs is 1. The van der Waals surface area contributed by atoms with E-state index in [1.165, 1.54) is 48.0 Å². The van der Waals surface area contributed by atoms with Gasteiger partial charge >= 0.3 is 0 Å². The minimum atomic E-state index is 0.857. The molecule has 2 N–H and O–H groups in total. The lowest BCUT2D eigenvalue weighted by Gasteiger charge is -2.11. The van der Waals surface area contributed by atoms with Gasteiger partial charge in [0.1, 0.15) is 0 Å². The van der Waals surface area contributed by atoms with Crippen LogP contribution in [-0.2, 0) is 0 Å². The van der Waals surface area contributed by atoms with E-state index in [9.17, 15) is 0 Å². The molecule has 2 heteroatoms. The van der Waals surface area contributed by atoms with Crippen molar-refractivity contribution < 1.29 is 0 Å². The van der Waals surface area contributed by atoms with Crippen LogP contribution in [0, 0.1) is 12.8 Å². The second kappa shape index (κ2) is 5.62. The summed E-state index contributed by atoms with van der Waals surface area (Å²) >= 11 is 0. The molecule has 1 saturated heterocycles. The molecule has 3 rings (SSSR count). The Hall–Kier alpha value is -1.54. The van der Waals surface area contributed by atoms with E-state index in [1.54, 1.807) is 0 Å². The molecule has 19 heavy (non-hydrogen) atoms. The summed E-state index contributed by atoms with van der Waals surface area (Å²) in [4.78, 5) is 0. The van der Waals surface area contributed by atoms with Gasteiger partial charge in [-0.15, -0.1) is 0 Å². The normalized spacial score (nSPS) is 18.9. The monoisotopic (exact) mass is 254 g/mol. The standard InChI is InChI=1S/C17H22N2/c1-13-2-3-16-11-17(5-4-15(16)10-13)19-9-7-14-6-8-18-12-14/h2-5,10-11,14,18-19H,6-9,12H2,1H3. The van der Waals surface area contributed by atoms with Gasteiger partial charge in [-0.1, -0.05) is 29.8 Å². The van der Waals surface area contributed by atoms with Crippen LogP contribution >= 0.6 is 0 Å². The molecule has 0 radical (unpaired) electrons. The van der Waals surface area contributed by atoms with Gasteiger partial charge in [-0.25, -0.2) is 0 Å². The number of benzene rings is 2. The van der Waals surface area contributed by atoms with Gasteiger partial charge in [0.05, 0.1) is 0 Å². The lowest BCUT2D eigenvalue weighted by atomic mass is 10.0. The Morgan fingerprint density at radius 3 is 2.84 bits per heavy atom. The van der Waals surface area contributed by atoms with Crippen LogP contribution in [0.1, 0.15) is 18.4 Å². The van der Waals surface area contributed by atoms with E-state index in [0.717, 1.165) is 12.5 Å². The summed E-state index contributed by atoms with van der Waals surface area (Å²) in [6.45, 7) is 5.60. The summed E-state index contributed by atoms with van der Waals surface area (Å²) in [6.07, 6.45) is 2.59. The Labute approximate surface area is 115 Å². The average molecular weight is 254 g/mol. The summed E-state index contributed by atoms with van der Waals surface area (Å²) in [6, 6.07) is 13.3. The molecule has 0 spiro atoms. The lowest BCUT2D eigenvalue weighted by Crippen LogP contribution is -2.12. The molecule has 1 fully saturated rings. The predicted molar refractivity (Wildman–Crippen MR) is 82.8 cm³/mol. The molecule has 0 amide bonds. The minimum absolute atomic E-state index is 0.857. The van der Waals surface area contributed by atoms with Crippen molar-refractivity contribution in [3.63, 3.8) is 0 Å². The number of nitrogens with one attached hydrogen (secondary N) is 2. The molecule has 0 aromatic heterocycles. The van der Waals surface area contributed by atoms with Crippen LogP contribution in [0.2, 0.25) is 0 Å². The van der Waals surface area contributed by atoms with Gasteiger partial charge < -0.3 is 10.6 Å². The van der Waals surface area contributed by atoms with Crippen LogP contribution in [0.4, 0.5) is 5.69 Å². The molecule has 2 nitrogen and oxygen atoms in total. The zero-order valence-electron chi connectivity index (χ0n) is 11.6. The van der Waals surface area contributed by atoms with Gasteiger partial charge in [-0.2, -0.15) is 0 Å². The first-order valence-electron chi connectivity index (χ1n) is 7.26. The number of hydrogen-bond acceptors (Lipinski definition) is 2. The smallest absolute Gasteiger partial charge is 0.0346 e. The summed E-state index contributed by atoms with van der Waals surface area (Å²) in [5.41, 5.74) is 2.56. The Balaban J connectivity index is 1.62. The SMILES string of the molecule is Cc1ccc2cc(NCCC3CCNC3)ccc2c1. The third-order valence-electron chi connectivity index (χ3n) is 4.04. The fourth-order valence-corrected chi connectivity index (χ4v) is 2.86. The Morgan fingerprint density at radius 1 is 1.16 bits per heavy atom.